The number of anilines is 1. The summed E-state index contributed by atoms with van der Waals surface area (Å²) in [4.78, 5) is 26.9. The topological polar surface area (TPSA) is 94.6 Å². The highest BCUT2D eigenvalue weighted by Gasteiger charge is 2.24. The van der Waals surface area contributed by atoms with E-state index in [1.165, 1.54) is 12.5 Å². The number of esters is 1. The maximum absolute atomic E-state index is 14.0. The number of rotatable bonds is 6. The monoisotopic (exact) mass is 522 g/mol. The number of aryl methyl sites for hydroxylation is 1. The number of benzene rings is 3. The van der Waals surface area contributed by atoms with Crippen molar-refractivity contribution in [3.05, 3.63) is 106 Å². The highest BCUT2D eigenvalue weighted by Crippen LogP contribution is 2.36. The Morgan fingerprint density at radius 3 is 2.41 bits per heavy atom. The molecule has 0 radical (unpaired) electrons. The summed E-state index contributed by atoms with van der Waals surface area (Å²) >= 11 is 0. The van der Waals surface area contributed by atoms with Crippen LogP contribution >= 0.6 is 0 Å². The lowest BCUT2D eigenvalue weighted by Crippen LogP contribution is -2.24. The van der Waals surface area contributed by atoms with E-state index < -0.39 is 11.6 Å². The quantitative estimate of drug-likeness (QED) is 0.230. The molecule has 3 aromatic carbocycles. The minimum atomic E-state index is -0.623. The molecule has 39 heavy (non-hydrogen) atoms. The molecule has 0 bridgehead atoms. The van der Waals surface area contributed by atoms with Crippen molar-refractivity contribution in [3.63, 3.8) is 0 Å². The predicted octanol–water partition coefficient (Wildman–Crippen LogP) is 7.55. The number of hydrogen-bond acceptors (Lipinski definition) is 7. The van der Waals surface area contributed by atoms with Crippen LogP contribution in [0.3, 0.4) is 0 Å². The standard InChI is InChI=1S/C32H30N2O5/c1-19-15-24(20(2)34-26-14-10-9-13-23(26)31(36)39-32(3,4)5)30-25(16-19)28(35)27(22-17-33-37-18-22)29(38-30)21-11-7-6-8-12-21/h6-18,20,34H,1-5H3. The zero-order valence-electron chi connectivity index (χ0n) is 22.6. The molecule has 198 valence electrons. The molecule has 0 aliphatic rings. The first-order valence-electron chi connectivity index (χ1n) is 12.8. The highest BCUT2D eigenvalue weighted by atomic mass is 16.6. The van der Waals surface area contributed by atoms with Crippen LogP contribution < -0.4 is 10.7 Å². The van der Waals surface area contributed by atoms with E-state index >= 15 is 0 Å². The van der Waals surface area contributed by atoms with Gasteiger partial charge in [0.05, 0.1) is 28.8 Å². The minimum Gasteiger partial charge on any atom is -0.456 e. The molecule has 0 fully saturated rings. The molecule has 0 saturated carbocycles. The van der Waals surface area contributed by atoms with Gasteiger partial charge in [-0.05, 0) is 58.4 Å². The Kier molecular flexibility index (Phi) is 6.83. The van der Waals surface area contributed by atoms with E-state index in [4.69, 9.17) is 13.7 Å². The van der Waals surface area contributed by atoms with Gasteiger partial charge >= 0.3 is 5.97 Å². The number of carbonyl (C=O) groups is 1. The highest BCUT2D eigenvalue weighted by molar-refractivity contribution is 5.96. The molecular formula is C32H30N2O5. The van der Waals surface area contributed by atoms with E-state index in [0.29, 0.717) is 39.1 Å². The Bertz CT molecular complexity index is 1700. The van der Waals surface area contributed by atoms with E-state index in [-0.39, 0.29) is 11.5 Å². The van der Waals surface area contributed by atoms with Crippen molar-refractivity contribution in [2.24, 2.45) is 0 Å². The second kappa shape index (κ2) is 10.3. The summed E-state index contributed by atoms with van der Waals surface area (Å²) in [6, 6.07) is 20.2. The molecule has 1 unspecified atom stereocenters. The molecule has 2 aromatic heterocycles. The van der Waals surface area contributed by atoms with Gasteiger partial charge in [0.2, 0.25) is 5.43 Å². The minimum absolute atomic E-state index is 0.176. The smallest absolute Gasteiger partial charge is 0.340 e. The van der Waals surface area contributed by atoms with Gasteiger partial charge in [-0.3, -0.25) is 4.79 Å². The van der Waals surface area contributed by atoms with Crippen LogP contribution in [0.2, 0.25) is 0 Å². The van der Waals surface area contributed by atoms with Crippen molar-refractivity contribution >= 4 is 22.6 Å². The zero-order valence-corrected chi connectivity index (χ0v) is 22.6. The number of ether oxygens (including phenoxy) is 1. The lowest BCUT2D eigenvalue weighted by Gasteiger charge is -2.23. The molecule has 0 spiro atoms. The third-order valence-corrected chi connectivity index (χ3v) is 6.31. The Morgan fingerprint density at radius 1 is 1.00 bits per heavy atom. The summed E-state index contributed by atoms with van der Waals surface area (Å²) in [6.07, 6.45) is 2.96. The normalized spacial score (nSPS) is 12.3. The molecule has 0 saturated heterocycles. The van der Waals surface area contributed by atoms with Crippen LogP contribution in [0.4, 0.5) is 5.69 Å². The Hall–Kier alpha value is -4.65. The van der Waals surface area contributed by atoms with Crippen LogP contribution in [0.5, 0.6) is 0 Å². The van der Waals surface area contributed by atoms with Crippen LogP contribution in [-0.4, -0.2) is 16.7 Å². The number of carbonyl (C=O) groups excluding carboxylic acids is 1. The molecule has 5 rings (SSSR count). The van der Waals surface area contributed by atoms with Gasteiger partial charge in [0.15, 0.2) is 0 Å². The third-order valence-electron chi connectivity index (χ3n) is 6.31. The molecule has 1 atom stereocenters. The molecule has 0 aliphatic carbocycles. The summed E-state index contributed by atoms with van der Waals surface area (Å²) in [6.45, 7) is 9.41. The van der Waals surface area contributed by atoms with Gasteiger partial charge in [-0.15, -0.1) is 0 Å². The molecule has 0 aliphatic heterocycles. The van der Waals surface area contributed by atoms with Crippen molar-refractivity contribution in [2.45, 2.75) is 46.3 Å². The van der Waals surface area contributed by atoms with Crippen molar-refractivity contribution in [2.75, 3.05) is 5.32 Å². The fraction of sp³-hybridized carbons (Fsp3) is 0.219. The van der Waals surface area contributed by atoms with Crippen LogP contribution in [0.25, 0.3) is 33.4 Å². The summed E-state index contributed by atoms with van der Waals surface area (Å²) < 4.78 is 17.3. The summed E-state index contributed by atoms with van der Waals surface area (Å²) in [5.74, 6) is 0.0194. The molecule has 2 heterocycles. The molecular weight excluding hydrogens is 492 g/mol. The predicted molar refractivity (Wildman–Crippen MR) is 152 cm³/mol. The second-order valence-electron chi connectivity index (χ2n) is 10.6. The van der Waals surface area contributed by atoms with Crippen molar-refractivity contribution in [1.29, 1.82) is 0 Å². The zero-order chi connectivity index (χ0) is 27.7. The summed E-state index contributed by atoms with van der Waals surface area (Å²) in [7, 11) is 0. The lowest BCUT2D eigenvalue weighted by atomic mass is 9.96. The summed E-state index contributed by atoms with van der Waals surface area (Å²) in [5, 5.41) is 7.71. The van der Waals surface area contributed by atoms with Crippen molar-refractivity contribution in [1.82, 2.24) is 5.16 Å². The van der Waals surface area contributed by atoms with Crippen LogP contribution in [-0.2, 0) is 4.74 Å². The van der Waals surface area contributed by atoms with Gasteiger partial charge in [0.25, 0.3) is 0 Å². The van der Waals surface area contributed by atoms with E-state index in [0.717, 1.165) is 16.7 Å². The first-order valence-corrected chi connectivity index (χ1v) is 12.8. The number of nitrogens with zero attached hydrogens (tertiary/aromatic N) is 1. The van der Waals surface area contributed by atoms with Gasteiger partial charge in [-0.25, -0.2) is 4.79 Å². The number of nitrogens with one attached hydrogen (secondary N) is 1. The van der Waals surface area contributed by atoms with Gasteiger partial charge in [0.1, 0.15) is 23.2 Å². The molecule has 1 N–H and O–H groups in total. The third kappa shape index (κ3) is 5.34. The maximum atomic E-state index is 14.0. The van der Waals surface area contributed by atoms with Gasteiger partial charge in [0, 0.05) is 22.4 Å². The average molecular weight is 523 g/mol. The van der Waals surface area contributed by atoms with E-state index in [1.807, 2.05) is 89.2 Å². The molecule has 5 aromatic rings. The van der Waals surface area contributed by atoms with Crippen molar-refractivity contribution in [3.8, 4) is 22.5 Å². The van der Waals surface area contributed by atoms with Gasteiger partial charge < -0.3 is 19.0 Å². The Morgan fingerprint density at radius 2 is 1.72 bits per heavy atom. The van der Waals surface area contributed by atoms with Gasteiger partial charge in [-0.1, -0.05) is 53.7 Å². The lowest BCUT2D eigenvalue weighted by molar-refractivity contribution is 0.00706. The Balaban J connectivity index is 1.66. The van der Waals surface area contributed by atoms with Crippen LogP contribution in [0, 0.1) is 6.92 Å². The molecule has 7 nitrogen and oxygen atoms in total. The number of aromatic nitrogens is 1. The largest absolute Gasteiger partial charge is 0.456 e. The Labute approximate surface area is 226 Å². The van der Waals surface area contributed by atoms with Crippen molar-refractivity contribution < 1.29 is 18.5 Å². The maximum Gasteiger partial charge on any atom is 0.340 e. The number of fused-ring (bicyclic) bond motifs is 1. The van der Waals surface area contributed by atoms with E-state index in [1.54, 1.807) is 12.1 Å². The fourth-order valence-electron chi connectivity index (χ4n) is 4.61. The number of para-hydroxylation sites is 1. The SMILES string of the molecule is Cc1cc(C(C)Nc2ccccc2C(=O)OC(C)(C)C)c2oc(-c3ccccc3)c(-c3cnoc3)c(=O)c2c1. The first-order chi connectivity index (χ1) is 18.6. The molecule has 0 amide bonds. The van der Waals surface area contributed by atoms with Crippen LogP contribution in [0.1, 0.15) is 55.2 Å². The van der Waals surface area contributed by atoms with E-state index in [2.05, 4.69) is 10.5 Å². The first kappa shape index (κ1) is 26.0. The van der Waals surface area contributed by atoms with E-state index in [9.17, 15) is 9.59 Å². The number of hydrogen-bond donors (Lipinski definition) is 1. The fourth-order valence-corrected chi connectivity index (χ4v) is 4.61. The summed E-state index contributed by atoms with van der Waals surface area (Å²) in [5.41, 5.74) is 4.12. The average Bonchev–Trinajstić information content (AvgIpc) is 3.43. The van der Waals surface area contributed by atoms with Gasteiger partial charge in [-0.2, -0.15) is 0 Å². The second-order valence-corrected chi connectivity index (χ2v) is 10.6. The molecule has 7 heteroatoms. The van der Waals surface area contributed by atoms with Crippen LogP contribution in [0.15, 0.2) is 92.9 Å².